The van der Waals surface area contributed by atoms with Crippen molar-refractivity contribution in [2.24, 2.45) is 7.05 Å². The number of hydrogen-bond donors (Lipinski definition) is 0. The van der Waals surface area contributed by atoms with Crippen LogP contribution in [0, 0.1) is 11.6 Å². The monoisotopic (exact) mass is 482 g/mol. The third-order valence-electron chi connectivity index (χ3n) is 6.56. The number of carbonyl (C=O) groups excluding carboxylic acids is 1. The van der Waals surface area contributed by atoms with Crippen molar-refractivity contribution in [3.05, 3.63) is 47.9 Å². The molecule has 0 radical (unpaired) electrons. The minimum Gasteiger partial charge on any atom is -0.380 e. The Balaban J connectivity index is 1.45. The Bertz CT molecular complexity index is 1090. The molecule has 8 nitrogen and oxygen atoms in total. The van der Waals surface area contributed by atoms with E-state index in [4.69, 9.17) is 4.74 Å². The molecule has 0 N–H and O–H groups in total. The number of ketones is 1. The van der Waals surface area contributed by atoms with Crippen molar-refractivity contribution in [2.45, 2.75) is 36.2 Å². The van der Waals surface area contributed by atoms with Crippen molar-refractivity contribution in [1.82, 2.24) is 18.8 Å². The normalized spacial score (nSPS) is 23.0. The largest absolute Gasteiger partial charge is 0.380 e. The summed E-state index contributed by atoms with van der Waals surface area (Å²) in [4.78, 5) is 18.8. The van der Waals surface area contributed by atoms with Gasteiger partial charge in [0.1, 0.15) is 11.6 Å². The molecular weight excluding hydrogens is 454 g/mol. The van der Waals surface area contributed by atoms with Crippen molar-refractivity contribution in [1.29, 1.82) is 0 Å². The number of ether oxygens (including phenoxy) is 1. The number of carbonyl (C=O) groups is 1. The van der Waals surface area contributed by atoms with Gasteiger partial charge in [-0.2, -0.15) is 4.31 Å². The van der Waals surface area contributed by atoms with Gasteiger partial charge in [0.25, 0.3) is 10.0 Å². The fourth-order valence-corrected chi connectivity index (χ4v) is 6.12. The summed E-state index contributed by atoms with van der Waals surface area (Å²) in [5, 5.41) is 0.0201. The van der Waals surface area contributed by atoms with E-state index in [1.54, 1.807) is 11.6 Å². The molecule has 4 rings (SSSR count). The van der Waals surface area contributed by atoms with Crippen LogP contribution >= 0.6 is 0 Å². The summed E-state index contributed by atoms with van der Waals surface area (Å²) in [6, 6.07) is 3.39. The topological polar surface area (TPSA) is 84.7 Å². The second-order valence-corrected chi connectivity index (χ2v) is 10.6. The predicted octanol–water partition coefficient (Wildman–Crippen LogP) is 2.22. The Morgan fingerprint density at radius 2 is 1.88 bits per heavy atom. The molecule has 2 aliphatic rings. The maximum absolute atomic E-state index is 14.0. The van der Waals surface area contributed by atoms with Gasteiger partial charge in [0.05, 0.1) is 18.5 Å². The van der Waals surface area contributed by atoms with Gasteiger partial charge in [-0.1, -0.05) is 6.07 Å². The smallest absolute Gasteiger partial charge is 0.262 e. The average molecular weight is 483 g/mol. The number of rotatable bonds is 7. The highest BCUT2D eigenvalue weighted by molar-refractivity contribution is 7.89. The first-order valence-electron chi connectivity index (χ1n) is 11.0. The van der Waals surface area contributed by atoms with Gasteiger partial charge in [-0.25, -0.2) is 22.2 Å². The molecule has 0 aliphatic carbocycles. The van der Waals surface area contributed by atoms with Gasteiger partial charge in [0, 0.05) is 58.0 Å². The molecule has 1 aromatic carbocycles. The van der Waals surface area contributed by atoms with E-state index >= 15 is 0 Å². The zero-order valence-corrected chi connectivity index (χ0v) is 19.4. The Morgan fingerprint density at radius 1 is 1.18 bits per heavy atom. The lowest BCUT2D eigenvalue weighted by atomic mass is 9.83. The molecule has 3 heterocycles. The fourth-order valence-electron chi connectivity index (χ4n) is 4.73. The Labute approximate surface area is 192 Å². The number of sulfonamides is 1. The summed E-state index contributed by atoms with van der Waals surface area (Å²) >= 11 is 0. The summed E-state index contributed by atoms with van der Waals surface area (Å²) < 4.78 is 62.6. The molecule has 0 spiro atoms. The number of piperazine rings is 1. The minimum absolute atomic E-state index is 0.0201. The molecule has 180 valence electrons. The van der Waals surface area contributed by atoms with Crippen LogP contribution in [0.3, 0.4) is 0 Å². The zero-order valence-electron chi connectivity index (χ0n) is 18.5. The fraction of sp³-hybridized carbons (Fsp3) is 0.545. The van der Waals surface area contributed by atoms with Gasteiger partial charge in [-0.05, 0) is 31.4 Å². The number of benzene rings is 1. The van der Waals surface area contributed by atoms with Crippen LogP contribution in [-0.2, 0) is 21.8 Å². The quantitative estimate of drug-likeness (QED) is 0.563. The van der Waals surface area contributed by atoms with Crippen LogP contribution < -0.4 is 0 Å². The number of aryl methyl sites for hydroxylation is 1. The Hall–Kier alpha value is -2.21. The molecule has 0 saturated carbocycles. The van der Waals surface area contributed by atoms with E-state index in [9.17, 15) is 22.0 Å². The lowest BCUT2D eigenvalue weighted by Gasteiger charge is -2.49. The van der Waals surface area contributed by atoms with E-state index in [0.717, 1.165) is 25.0 Å². The molecule has 0 bridgehead atoms. The third-order valence-corrected chi connectivity index (χ3v) is 8.34. The lowest BCUT2D eigenvalue weighted by molar-refractivity contribution is -0.0639. The maximum atomic E-state index is 14.0. The molecule has 1 aromatic heterocycles. The van der Waals surface area contributed by atoms with Crippen molar-refractivity contribution in [3.8, 4) is 0 Å². The molecule has 33 heavy (non-hydrogen) atoms. The zero-order chi connectivity index (χ0) is 23.6. The van der Waals surface area contributed by atoms with E-state index in [-0.39, 0.29) is 24.5 Å². The highest BCUT2D eigenvalue weighted by Crippen LogP contribution is 2.33. The van der Waals surface area contributed by atoms with E-state index in [1.165, 1.54) is 22.9 Å². The summed E-state index contributed by atoms with van der Waals surface area (Å²) in [6.07, 6.45) is 4.86. The first-order valence-corrected chi connectivity index (χ1v) is 12.5. The van der Waals surface area contributed by atoms with Gasteiger partial charge in [-0.15, -0.1) is 0 Å². The van der Waals surface area contributed by atoms with E-state index in [2.05, 4.69) is 9.88 Å². The number of hydrogen-bond acceptors (Lipinski definition) is 6. The summed E-state index contributed by atoms with van der Waals surface area (Å²) in [6.45, 7) is 2.53. The van der Waals surface area contributed by atoms with Crippen LogP contribution in [0.4, 0.5) is 8.78 Å². The van der Waals surface area contributed by atoms with Crippen molar-refractivity contribution >= 4 is 15.8 Å². The number of Topliss-reactive ketones (excluding diaryl/α,β-unsaturated/α-hetero) is 1. The van der Waals surface area contributed by atoms with Gasteiger partial charge >= 0.3 is 0 Å². The summed E-state index contributed by atoms with van der Waals surface area (Å²) in [5.74, 6) is -2.29. The van der Waals surface area contributed by atoms with Crippen LogP contribution in [-0.4, -0.2) is 77.9 Å². The highest BCUT2D eigenvalue weighted by atomic mass is 32.2. The van der Waals surface area contributed by atoms with Crippen LogP contribution in [0.2, 0.25) is 0 Å². The number of nitrogens with zero attached hydrogens (tertiary/aromatic N) is 4. The molecule has 2 saturated heterocycles. The Kier molecular flexibility index (Phi) is 6.94. The van der Waals surface area contributed by atoms with Crippen LogP contribution in [0.5, 0.6) is 0 Å². The van der Waals surface area contributed by atoms with E-state index in [1.807, 2.05) is 0 Å². The molecule has 1 atom stereocenters. The molecule has 1 unspecified atom stereocenters. The number of halogens is 2. The van der Waals surface area contributed by atoms with Crippen LogP contribution in [0.1, 0.15) is 36.0 Å². The average Bonchev–Trinajstić information content (AvgIpc) is 3.25. The Morgan fingerprint density at radius 3 is 2.45 bits per heavy atom. The second kappa shape index (κ2) is 9.57. The highest BCUT2D eigenvalue weighted by Gasteiger charge is 2.42. The molecule has 2 fully saturated rings. The predicted molar refractivity (Wildman–Crippen MR) is 116 cm³/mol. The minimum atomic E-state index is -3.68. The van der Waals surface area contributed by atoms with E-state index < -0.39 is 38.5 Å². The number of imidazole rings is 1. The maximum Gasteiger partial charge on any atom is 0.262 e. The van der Waals surface area contributed by atoms with Gasteiger partial charge in [0.15, 0.2) is 10.8 Å². The SMILES string of the molecule is Cn1cnc(S(=O)(=O)N2CCN(C3(CCC(=O)c4c(F)cccc4F)CCCOC3)CC2)c1. The first kappa shape index (κ1) is 23.9. The molecule has 2 aromatic rings. The van der Waals surface area contributed by atoms with Gasteiger partial charge in [-0.3, -0.25) is 9.69 Å². The molecule has 0 amide bonds. The van der Waals surface area contributed by atoms with E-state index in [0.29, 0.717) is 32.7 Å². The van der Waals surface area contributed by atoms with Gasteiger partial charge < -0.3 is 9.30 Å². The standard InChI is InChI=1S/C22H28F2N4O4S/c1-26-14-20(25-16-26)33(30,31)28-11-9-27(10-12-28)22(7-3-13-32-15-22)8-6-19(29)21-17(23)4-2-5-18(21)24/h2,4-5,14,16H,3,6-13,15H2,1H3. The number of aromatic nitrogens is 2. The van der Waals surface area contributed by atoms with Crippen LogP contribution in [0.15, 0.2) is 35.7 Å². The van der Waals surface area contributed by atoms with Crippen molar-refractivity contribution in [2.75, 3.05) is 39.4 Å². The molecule has 2 aliphatic heterocycles. The molecular formula is C22H28F2N4O4S. The van der Waals surface area contributed by atoms with Crippen LogP contribution in [0.25, 0.3) is 0 Å². The summed E-state index contributed by atoms with van der Waals surface area (Å²) in [5.41, 5.74) is -0.980. The molecule has 11 heteroatoms. The third kappa shape index (κ3) is 4.86. The van der Waals surface area contributed by atoms with Gasteiger partial charge in [0.2, 0.25) is 0 Å². The van der Waals surface area contributed by atoms with Crippen molar-refractivity contribution in [3.63, 3.8) is 0 Å². The summed E-state index contributed by atoms with van der Waals surface area (Å²) in [7, 11) is -1.97. The van der Waals surface area contributed by atoms with Crippen molar-refractivity contribution < 1.29 is 26.7 Å². The lowest BCUT2D eigenvalue weighted by Crippen LogP contribution is -2.61. The first-order chi connectivity index (χ1) is 15.7. The second-order valence-electron chi connectivity index (χ2n) is 8.67.